The van der Waals surface area contributed by atoms with Crippen molar-refractivity contribution >= 4 is 23.4 Å². The number of carbonyl (C=O) groups excluding carboxylic acids is 1. The number of nitrogens with one attached hydrogen (secondary N) is 1. The van der Waals surface area contributed by atoms with Gasteiger partial charge in [0.15, 0.2) is 0 Å². The average molecular weight is 444 g/mol. The normalized spacial score (nSPS) is 17.9. The van der Waals surface area contributed by atoms with Crippen LogP contribution in [0.25, 0.3) is 0 Å². The smallest absolute Gasteiger partial charge is 0.348 e. The van der Waals surface area contributed by atoms with E-state index in [1.54, 1.807) is 0 Å². The van der Waals surface area contributed by atoms with Crippen molar-refractivity contribution < 1.29 is 14.3 Å². The highest BCUT2D eigenvalue weighted by atomic mass is 32.2. The van der Waals surface area contributed by atoms with Crippen LogP contribution in [0.1, 0.15) is 43.9 Å². The van der Waals surface area contributed by atoms with Crippen molar-refractivity contribution in [1.82, 2.24) is 9.55 Å². The van der Waals surface area contributed by atoms with E-state index in [1.807, 2.05) is 35.8 Å². The van der Waals surface area contributed by atoms with Crippen LogP contribution in [0.15, 0.2) is 34.1 Å². The molecule has 1 aliphatic heterocycles. The quantitative estimate of drug-likeness (QED) is 0.497. The molecule has 1 aliphatic carbocycles. The molecule has 2 heterocycles. The maximum atomic E-state index is 12.8. The molecule has 8 heteroatoms. The van der Waals surface area contributed by atoms with Crippen LogP contribution < -0.4 is 15.7 Å². The minimum absolute atomic E-state index is 0.101. The molecule has 166 valence electrons. The van der Waals surface area contributed by atoms with Gasteiger partial charge in [-0.25, -0.2) is 4.79 Å². The minimum Gasteiger partial charge on any atom is -0.494 e. The molecule has 2 aromatic rings. The fraction of sp³-hybridized carbons (Fsp3) is 0.522. The van der Waals surface area contributed by atoms with E-state index in [0.717, 1.165) is 67.8 Å². The molecule has 1 aromatic heterocycles. The SMILES string of the molecule is CCOc1ccc(NC(=O)CSc2nc(=O)n(CC3CCCO3)c3c2CCCC3)cc1. The summed E-state index contributed by atoms with van der Waals surface area (Å²) >= 11 is 1.35. The molecule has 0 radical (unpaired) electrons. The largest absolute Gasteiger partial charge is 0.494 e. The van der Waals surface area contributed by atoms with E-state index in [0.29, 0.717) is 18.2 Å². The van der Waals surface area contributed by atoms with Gasteiger partial charge in [-0.05, 0) is 69.7 Å². The maximum absolute atomic E-state index is 12.8. The Hall–Kier alpha value is -2.32. The van der Waals surface area contributed by atoms with E-state index in [2.05, 4.69) is 10.3 Å². The van der Waals surface area contributed by atoms with Crippen molar-refractivity contribution in [2.75, 3.05) is 24.3 Å². The zero-order chi connectivity index (χ0) is 21.6. The Balaban J connectivity index is 1.43. The number of carbonyl (C=O) groups is 1. The molecule has 0 saturated carbocycles. The van der Waals surface area contributed by atoms with Gasteiger partial charge in [0.1, 0.15) is 10.8 Å². The number of fused-ring (bicyclic) bond motifs is 1. The van der Waals surface area contributed by atoms with Crippen LogP contribution in [0.2, 0.25) is 0 Å². The molecule has 1 amide bonds. The van der Waals surface area contributed by atoms with Gasteiger partial charge in [-0.15, -0.1) is 0 Å². The Morgan fingerprint density at radius 1 is 1.26 bits per heavy atom. The summed E-state index contributed by atoms with van der Waals surface area (Å²) in [4.78, 5) is 29.6. The fourth-order valence-corrected chi connectivity index (χ4v) is 5.06. The third-order valence-electron chi connectivity index (χ3n) is 5.65. The lowest BCUT2D eigenvalue weighted by atomic mass is 9.97. The van der Waals surface area contributed by atoms with E-state index in [1.165, 1.54) is 11.8 Å². The standard InChI is InChI=1S/C23H29N3O4S/c1-2-29-17-11-9-16(10-12-17)24-21(27)15-31-22-19-7-3-4-8-20(19)26(23(28)25-22)14-18-6-5-13-30-18/h9-12,18H,2-8,13-15H2,1H3,(H,24,27). The van der Waals surface area contributed by atoms with Crippen LogP contribution in [0.3, 0.4) is 0 Å². The maximum Gasteiger partial charge on any atom is 0.348 e. The van der Waals surface area contributed by atoms with Crippen molar-refractivity contribution in [2.24, 2.45) is 0 Å². The number of anilines is 1. The van der Waals surface area contributed by atoms with Crippen molar-refractivity contribution in [3.8, 4) is 5.75 Å². The molecular formula is C23H29N3O4S. The molecule has 31 heavy (non-hydrogen) atoms. The van der Waals surface area contributed by atoms with Gasteiger partial charge in [0.2, 0.25) is 5.91 Å². The topological polar surface area (TPSA) is 82.5 Å². The molecule has 7 nitrogen and oxygen atoms in total. The summed E-state index contributed by atoms with van der Waals surface area (Å²) in [6, 6.07) is 7.30. The van der Waals surface area contributed by atoms with Crippen LogP contribution in [-0.2, 0) is 28.9 Å². The van der Waals surface area contributed by atoms with Crippen molar-refractivity contribution in [1.29, 1.82) is 0 Å². The highest BCUT2D eigenvalue weighted by Crippen LogP contribution is 2.29. The molecule has 1 atom stereocenters. The van der Waals surface area contributed by atoms with E-state index in [-0.39, 0.29) is 23.5 Å². The fourth-order valence-electron chi connectivity index (χ4n) is 4.18. The molecular weight excluding hydrogens is 414 g/mol. The third kappa shape index (κ3) is 5.49. The number of thioether (sulfide) groups is 1. The number of hydrogen-bond donors (Lipinski definition) is 1. The second-order valence-electron chi connectivity index (χ2n) is 7.87. The van der Waals surface area contributed by atoms with Crippen LogP contribution in [-0.4, -0.2) is 40.5 Å². The molecule has 1 fully saturated rings. The first-order chi connectivity index (χ1) is 15.1. The lowest BCUT2D eigenvalue weighted by Crippen LogP contribution is -2.34. The van der Waals surface area contributed by atoms with Gasteiger partial charge in [-0.1, -0.05) is 11.8 Å². The number of rotatable bonds is 8. The molecule has 4 rings (SSSR count). The monoisotopic (exact) mass is 443 g/mol. The predicted molar refractivity (Wildman–Crippen MR) is 121 cm³/mol. The first kappa shape index (κ1) is 21.9. The molecule has 2 aliphatic rings. The van der Waals surface area contributed by atoms with Gasteiger partial charge in [0.25, 0.3) is 0 Å². The Kier molecular flexibility index (Phi) is 7.29. The highest BCUT2D eigenvalue weighted by molar-refractivity contribution is 8.00. The Bertz CT molecular complexity index is 968. The Morgan fingerprint density at radius 3 is 2.81 bits per heavy atom. The molecule has 0 spiro atoms. The number of ether oxygens (including phenoxy) is 2. The van der Waals surface area contributed by atoms with Crippen LogP contribution >= 0.6 is 11.8 Å². The second-order valence-corrected chi connectivity index (χ2v) is 8.84. The first-order valence-electron chi connectivity index (χ1n) is 11.0. The zero-order valence-corrected chi connectivity index (χ0v) is 18.7. The zero-order valence-electron chi connectivity index (χ0n) is 17.9. The van der Waals surface area contributed by atoms with Crippen molar-refractivity contribution in [3.05, 3.63) is 46.0 Å². The number of hydrogen-bond acceptors (Lipinski definition) is 6. The lowest BCUT2D eigenvalue weighted by molar-refractivity contribution is -0.113. The van der Waals surface area contributed by atoms with E-state index in [9.17, 15) is 9.59 Å². The third-order valence-corrected chi connectivity index (χ3v) is 6.67. The van der Waals surface area contributed by atoms with Gasteiger partial charge in [-0.3, -0.25) is 9.36 Å². The molecule has 1 unspecified atom stereocenters. The summed E-state index contributed by atoms with van der Waals surface area (Å²) < 4.78 is 13.0. The van der Waals surface area contributed by atoms with Gasteiger partial charge in [0.05, 0.1) is 25.0 Å². The van der Waals surface area contributed by atoms with E-state index < -0.39 is 0 Å². The van der Waals surface area contributed by atoms with Crippen molar-refractivity contribution in [3.63, 3.8) is 0 Å². The summed E-state index contributed by atoms with van der Waals surface area (Å²) in [5.41, 5.74) is 2.69. The van der Waals surface area contributed by atoms with E-state index in [4.69, 9.17) is 9.47 Å². The number of amides is 1. The summed E-state index contributed by atoms with van der Waals surface area (Å²) in [6.07, 6.45) is 6.07. The Morgan fingerprint density at radius 2 is 2.06 bits per heavy atom. The number of benzene rings is 1. The molecule has 1 N–H and O–H groups in total. The van der Waals surface area contributed by atoms with E-state index >= 15 is 0 Å². The lowest BCUT2D eigenvalue weighted by Gasteiger charge is -2.24. The van der Waals surface area contributed by atoms with Gasteiger partial charge in [-0.2, -0.15) is 4.98 Å². The van der Waals surface area contributed by atoms with Gasteiger partial charge < -0.3 is 14.8 Å². The van der Waals surface area contributed by atoms with Crippen LogP contribution in [0, 0.1) is 0 Å². The second kappa shape index (κ2) is 10.3. The summed E-state index contributed by atoms with van der Waals surface area (Å²) in [5, 5.41) is 3.59. The van der Waals surface area contributed by atoms with Crippen molar-refractivity contribution in [2.45, 2.75) is 63.1 Å². The molecule has 0 bridgehead atoms. The first-order valence-corrected chi connectivity index (χ1v) is 12.0. The van der Waals surface area contributed by atoms with Crippen LogP contribution in [0.4, 0.5) is 5.69 Å². The Labute approximate surface area is 186 Å². The summed E-state index contributed by atoms with van der Waals surface area (Å²) in [5.74, 6) is 0.861. The minimum atomic E-state index is -0.231. The number of nitrogens with zero attached hydrogens (tertiary/aromatic N) is 2. The molecule has 1 saturated heterocycles. The predicted octanol–water partition coefficient (Wildman–Crippen LogP) is 3.43. The van der Waals surface area contributed by atoms with Gasteiger partial charge >= 0.3 is 5.69 Å². The summed E-state index contributed by atoms with van der Waals surface area (Å²) in [7, 11) is 0. The number of aromatic nitrogens is 2. The molecule has 1 aromatic carbocycles. The van der Waals surface area contributed by atoms with Gasteiger partial charge in [0, 0.05) is 23.6 Å². The summed E-state index contributed by atoms with van der Waals surface area (Å²) in [6.45, 7) is 3.89. The van der Waals surface area contributed by atoms with Crippen LogP contribution in [0.5, 0.6) is 5.75 Å². The highest BCUT2D eigenvalue weighted by Gasteiger charge is 2.24. The average Bonchev–Trinajstić information content (AvgIpc) is 3.29.